The molecule has 0 aromatic heterocycles. The predicted octanol–water partition coefficient (Wildman–Crippen LogP) is 0.962. The highest BCUT2D eigenvalue weighted by Crippen LogP contribution is 2.21. The number of likely N-dealkylation sites (tertiary alicyclic amines) is 1. The zero-order valence-corrected chi connectivity index (χ0v) is 11.5. The zero-order chi connectivity index (χ0) is 13.0. The summed E-state index contributed by atoms with van der Waals surface area (Å²) in [4.78, 5) is 13.4. The van der Waals surface area contributed by atoms with E-state index in [0.717, 1.165) is 44.4 Å². The van der Waals surface area contributed by atoms with Gasteiger partial charge in [-0.3, -0.25) is 4.79 Å². The maximum Gasteiger partial charge on any atom is 0.217 e. The lowest BCUT2D eigenvalue weighted by atomic mass is 9.93. The number of carbonyl (C=O) groups is 1. The molecule has 4 heteroatoms. The van der Waals surface area contributed by atoms with Crippen molar-refractivity contribution in [1.29, 1.82) is 0 Å². The third kappa shape index (κ3) is 4.94. The minimum atomic E-state index is -0.143. The Bertz CT molecular complexity index is 270. The molecule has 4 nitrogen and oxygen atoms in total. The smallest absolute Gasteiger partial charge is 0.217 e. The highest BCUT2D eigenvalue weighted by atomic mass is 16.1. The molecule has 1 unspecified atom stereocenters. The molecule has 1 saturated heterocycles. The molecular formula is C14H27N3O. The quantitative estimate of drug-likeness (QED) is 0.710. The maximum atomic E-state index is 10.9. The van der Waals surface area contributed by atoms with Crippen LogP contribution < -0.4 is 11.1 Å². The van der Waals surface area contributed by atoms with Gasteiger partial charge in [0.2, 0.25) is 5.91 Å². The fraction of sp³-hybridized carbons (Fsp3) is 0.929. The van der Waals surface area contributed by atoms with Gasteiger partial charge in [-0.05, 0) is 57.2 Å². The first-order chi connectivity index (χ1) is 8.63. The van der Waals surface area contributed by atoms with Crippen LogP contribution in [0, 0.1) is 11.8 Å². The van der Waals surface area contributed by atoms with Crippen molar-refractivity contribution in [2.24, 2.45) is 17.6 Å². The average Bonchev–Trinajstić information content (AvgIpc) is 3.12. The summed E-state index contributed by atoms with van der Waals surface area (Å²) in [5, 5.41) is 3.59. The average molecular weight is 253 g/mol. The summed E-state index contributed by atoms with van der Waals surface area (Å²) in [6.45, 7) is 6.91. The molecule has 0 radical (unpaired) electrons. The number of piperidine rings is 1. The molecular weight excluding hydrogens is 226 g/mol. The summed E-state index contributed by atoms with van der Waals surface area (Å²) < 4.78 is 0. The first kappa shape index (κ1) is 13.8. The number of amides is 1. The summed E-state index contributed by atoms with van der Waals surface area (Å²) >= 11 is 0. The van der Waals surface area contributed by atoms with E-state index < -0.39 is 0 Å². The van der Waals surface area contributed by atoms with Gasteiger partial charge in [0.25, 0.3) is 0 Å². The van der Waals surface area contributed by atoms with E-state index in [1.807, 2.05) is 0 Å². The van der Waals surface area contributed by atoms with Crippen molar-refractivity contribution in [3.05, 3.63) is 0 Å². The second-order valence-corrected chi connectivity index (χ2v) is 6.20. The van der Waals surface area contributed by atoms with Crippen molar-refractivity contribution in [3.63, 3.8) is 0 Å². The molecule has 104 valence electrons. The predicted molar refractivity (Wildman–Crippen MR) is 73.2 cm³/mol. The van der Waals surface area contributed by atoms with Crippen LogP contribution in [0.3, 0.4) is 0 Å². The van der Waals surface area contributed by atoms with Gasteiger partial charge in [0.1, 0.15) is 0 Å². The Morgan fingerprint density at radius 3 is 2.56 bits per heavy atom. The summed E-state index contributed by atoms with van der Waals surface area (Å²) in [5.41, 5.74) is 5.25. The lowest BCUT2D eigenvalue weighted by molar-refractivity contribution is -0.119. The van der Waals surface area contributed by atoms with Gasteiger partial charge in [-0.2, -0.15) is 0 Å². The van der Waals surface area contributed by atoms with Crippen LogP contribution in [0.25, 0.3) is 0 Å². The van der Waals surface area contributed by atoms with Crippen LogP contribution in [0.4, 0.5) is 0 Å². The molecule has 3 N–H and O–H groups in total. The second-order valence-electron chi connectivity index (χ2n) is 6.20. The van der Waals surface area contributed by atoms with E-state index >= 15 is 0 Å². The van der Waals surface area contributed by atoms with E-state index in [9.17, 15) is 4.79 Å². The normalized spacial score (nSPS) is 24.1. The van der Waals surface area contributed by atoms with Crippen LogP contribution in [0.15, 0.2) is 0 Å². The highest BCUT2D eigenvalue weighted by molar-refractivity contribution is 5.73. The standard InChI is InChI=1S/C14H27N3O/c1-11(9-16-13-2-3-13)10-17-6-4-12(5-7-17)8-14(15)18/h11-13,16H,2-10H2,1H3,(H2,15,18). The Morgan fingerprint density at radius 2 is 2.00 bits per heavy atom. The molecule has 0 bridgehead atoms. The molecule has 1 aliphatic heterocycles. The van der Waals surface area contributed by atoms with Crippen LogP contribution >= 0.6 is 0 Å². The zero-order valence-electron chi connectivity index (χ0n) is 11.5. The Morgan fingerprint density at radius 1 is 1.33 bits per heavy atom. The molecule has 1 atom stereocenters. The third-order valence-electron chi connectivity index (χ3n) is 4.10. The molecule has 18 heavy (non-hydrogen) atoms. The number of nitrogens with two attached hydrogens (primary N) is 1. The van der Waals surface area contributed by atoms with Gasteiger partial charge in [0, 0.05) is 19.0 Å². The Labute approximate surface area is 110 Å². The van der Waals surface area contributed by atoms with Gasteiger partial charge in [-0.25, -0.2) is 0 Å². The number of hydrogen-bond donors (Lipinski definition) is 2. The summed E-state index contributed by atoms with van der Waals surface area (Å²) in [7, 11) is 0. The first-order valence-corrected chi connectivity index (χ1v) is 7.37. The van der Waals surface area contributed by atoms with Crippen LogP contribution in [0.5, 0.6) is 0 Å². The van der Waals surface area contributed by atoms with E-state index in [1.165, 1.54) is 19.4 Å². The molecule has 2 aliphatic rings. The number of carbonyl (C=O) groups excluding carboxylic acids is 1. The minimum Gasteiger partial charge on any atom is -0.370 e. The number of rotatable bonds is 7. The lowest BCUT2D eigenvalue weighted by Gasteiger charge is -2.33. The molecule has 1 amide bonds. The van der Waals surface area contributed by atoms with Gasteiger partial charge in [0.05, 0.1) is 0 Å². The fourth-order valence-electron chi connectivity index (χ4n) is 2.82. The third-order valence-corrected chi connectivity index (χ3v) is 4.10. The van der Waals surface area contributed by atoms with Crippen LogP contribution in [-0.4, -0.2) is 43.0 Å². The Hall–Kier alpha value is -0.610. The van der Waals surface area contributed by atoms with E-state index in [1.54, 1.807) is 0 Å². The van der Waals surface area contributed by atoms with Crippen molar-refractivity contribution in [1.82, 2.24) is 10.2 Å². The number of nitrogens with zero attached hydrogens (tertiary/aromatic N) is 1. The Kier molecular flexibility index (Phi) is 5.01. The van der Waals surface area contributed by atoms with E-state index in [4.69, 9.17) is 5.73 Å². The van der Waals surface area contributed by atoms with Gasteiger partial charge in [0.15, 0.2) is 0 Å². The highest BCUT2D eigenvalue weighted by Gasteiger charge is 2.23. The lowest BCUT2D eigenvalue weighted by Crippen LogP contribution is -2.39. The summed E-state index contributed by atoms with van der Waals surface area (Å²) in [5.74, 6) is 1.10. The van der Waals surface area contributed by atoms with Gasteiger partial charge < -0.3 is 16.0 Å². The summed E-state index contributed by atoms with van der Waals surface area (Å²) in [6.07, 6.45) is 5.57. The van der Waals surface area contributed by atoms with Crippen LogP contribution in [0.1, 0.15) is 39.0 Å². The minimum absolute atomic E-state index is 0.143. The Balaban J connectivity index is 1.58. The molecule has 0 aromatic carbocycles. The van der Waals surface area contributed by atoms with E-state index in [0.29, 0.717) is 12.3 Å². The van der Waals surface area contributed by atoms with Gasteiger partial charge in [-0.1, -0.05) is 6.92 Å². The van der Waals surface area contributed by atoms with Crippen molar-refractivity contribution in [3.8, 4) is 0 Å². The van der Waals surface area contributed by atoms with Gasteiger partial charge >= 0.3 is 0 Å². The monoisotopic (exact) mass is 253 g/mol. The van der Waals surface area contributed by atoms with Crippen LogP contribution in [-0.2, 0) is 4.79 Å². The number of hydrogen-bond acceptors (Lipinski definition) is 3. The van der Waals surface area contributed by atoms with Crippen molar-refractivity contribution < 1.29 is 4.79 Å². The van der Waals surface area contributed by atoms with E-state index in [-0.39, 0.29) is 5.91 Å². The molecule has 0 aromatic rings. The molecule has 2 rings (SSSR count). The topological polar surface area (TPSA) is 58.4 Å². The first-order valence-electron chi connectivity index (χ1n) is 7.37. The van der Waals surface area contributed by atoms with Crippen molar-refractivity contribution in [2.45, 2.75) is 45.1 Å². The molecule has 0 spiro atoms. The molecule has 2 fully saturated rings. The van der Waals surface area contributed by atoms with Gasteiger partial charge in [-0.15, -0.1) is 0 Å². The molecule has 1 saturated carbocycles. The van der Waals surface area contributed by atoms with Crippen molar-refractivity contribution >= 4 is 5.91 Å². The van der Waals surface area contributed by atoms with Crippen LogP contribution in [0.2, 0.25) is 0 Å². The SMILES string of the molecule is CC(CNC1CC1)CN1CCC(CC(N)=O)CC1. The second kappa shape index (κ2) is 6.53. The van der Waals surface area contributed by atoms with E-state index in [2.05, 4.69) is 17.1 Å². The molecule has 1 aliphatic carbocycles. The number of nitrogens with one attached hydrogen (secondary N) is 1. The van der Waals surface area contributed by atoms with Crippen molar-refractivity contribution in [2.75, 3.05) is 26.2 Å². The number of primary amides is 1. The maximum absolute atomic E-state index is 10.9. The molecule has 1 heterocycles. The summed E-state index contributed by atoms with van der Waals surface area (Å²) in [6, 6.07) is 0.814. The largest absolute Gasteiger partial charge is 0.370 e. The fourth-order valence-corrected chi connectivity index (χ4v) is 2.82.